The monoisotopic (exact) mass is 537 g/mol. The van der Waals surface area contributed by atoms with Gasteiger partial charge in [-0.15, -0.1) is 0 Å². The van der Waals surface area contributed by atoms with Gasteiger partial charge in [0.15, 0.2) is 11.5 Å². The van der Waals surface area contributed by atoms with Crippen molar-refractivity contribution in [1.82, 2.24) is 4.90 Å². The van der Waals surface area contributed by atoms with E-state index in [9.17, 15) is 14.4 Å². The number of ether oxygens (including phenoxy) is 2. The zero-order chi connectivity index (χ0) is 24.1. The number of thioether (sulfide) groups is 1. The van der Waals surface area contributed by atoms with Crippen molar-refractivity contribution in [2.24, 2.45) is 0 Å². The summed E-state index contributed by atoms with van der Waals surface area (Å²) in [5, 5.41) is -0.322. The lowest BCUT2D eigenvalue weighted by Gasteiger charge is -2.12. The first-order chi connectivity index (χ1) is 16.4. The van der Waals surface area contributed by atoms with Gasteiger partial charge in [0.1, 0.15) is 0 Å². The Morgan fingerprint density at radius 3 is 2.44 bits per heavy atom. The number of hydrogen-bond donors (Lipinski definition) is 0. The van der Waals surface area contributed by atoms with Crippen molar-refractivity contribution in [3.8, 4) is 11.5 Å². The van der Waals surface area contributed by atoms with Gasteiger partial charge in [0, 0.05) is 4.47 Å². The van der Waals surface area contributed by atoms with Crippen LogP contribution in [0.5, 0.6) is 11.5 Å². The molecule has 1 heterocycles. The lowest BCUT2D eigenvalue weighted by molar-refractivity contribution is -0.123. The highest BCUT2D eigenvalue weighted by Crippen LogP contribution is 2.35. The SMILES string of the molecule is CCOc1cc(/C=C2\SC(=O)N(Cc3ccc(Br)cc3)C2=O)ccc1OC(=O)c1ccccc1. The highest BCUT2D eigenvalue weighted by atomic mass is 79.9. The summed E-state index contributed by atoms with van der Waals surface area (Å²) in [5.74, 6) is -0.204. The quantitative estimate of drug-likeness (QED) is 0.200. The molecule has 1 saturated heterocycles. The summed E-state index contributed by atoms with van der Waals surface area (Å²) in [6.45, 7) is 2.39. The first-order valence-corrected chi connectivity index (χ1v) is 12.1. The smallest absolute Gasteiger partial charge is 0.343 e. The Bertz CT molecular complexity index is 1260. The van der Waals surface area contributed by atoms with Crippen molar-refractivity contribution in [2.75, 3.05) is 6.61 Å². The van der Waals surface area contributed by atoms with Crippen molar-refractivity contribution >= 4 is 50.9 Å². The molecule has 0 unspecified atom stereocenters. The number of hydrogen-bond acceptors (Lipinski definition) is 6. The van der Waals surface area contributed by atoms with Crippen LogP contribution in [0.25, 0.3) is 6.08 Å². The van der Waals surface area contributed by atoms with Gasteiger partial charge in [-0.25, -0.2) is 4.79 Å². The van der Waals surface area contributed by atoms with Crippen LogP contribution in [0, 0.1) is 0 Å². The van der Waals surface area contributed by atoms with Gasteiger partial charge in [0.25, 0.3) is 11.1 Å². The lowest BCUT2D eigenvalue weighted by Crippen LogP contribution is -2.27. The van der Waals surface area contributed by atoms with E-state index in [0.717, 1.165) is 21.8 Å². The summed E-state index contributed by atoms with van der Waals surface area (Å²) in [6, 6.07) is 21.1. The average molecular weight is 538 g/mol. The van der Waals surface area contributed by atoms with E-state index >= 15 is 0 Å². The molecule has 34 heavy (non-hydrogen) atoms. The molecule has 0 aromatic heterocycles. The third kappa shape index (κ3) is 5.58. The molecule has 0 bridgehead atoms. The molecule has 6 nitrogen and oxygen atoms in total. The number of rotatable bonds is 7. The van der Waals surface area contributed by atoms with Crippen LogP contribution in [-0.4, -0.2) is 28.6 Å². The predicted octanol–water partition coefficient (Wildman–Crippen LogP) is 6.30. The Kier molecular flexibility index (Phi) is 7.49. The van der Waals surface area contributed by atoms with Crippen LogP contribution in [0.15, 0.2) is 82.2 Å². The fourth-order valence-electron chi connectivity index (χ4n) is 3.26. The molecule has 0 N–H and O–H groups in total. The molecule has 0 saturated carbocycles. The molecule has 172 valence electrons. The molecule has 4 rings (SSSR count). The number of carbonyl (C=O) groups is 3. The van der Waals surface area contributed by atoms with E-state index in [0.29, 0.717) is 28.4 Å². The van der Waals surface area contributed by atoms with E-state index in [1.54, 1.807) is 48.5 Å². The highest BCUT2D eigenvalue weighted by Gasteiger charge is 2.35. The van der Waals surface area contributed by atoms with Crippen molar-refractivity contribution in [3.63, 3.8) is 0 Å². The van der Waals surface area contributed by atoms with Gasteiger partial charge >= 0.3 is 5.97 Å². The molecule has 0 radical (unpaired) electrons. The maximum atomic E-state index is 12.9. The van der Waals surface area contributed by atoms with Crippen LogP contribution in [0.3, 0.4) is 0 Å². The van der Waals surface area contributed by atoms with Crippen LogP contribution in [0.4, 0.5) is 4.79 Å². The zero-order valence-electron chi connectivity index (χ0n) is 18.2. The van der Waals surface area contributed by atoms with Gasteiger partial charge < -0.3 is 9.47 Å². The third-order valence-corrected chi connectivity index (χ3v) is 6.34. The summed E-state index contributed by atoms with van der Waals surface area (Å²) in [5.41, 5.74) is 1.93. The molecule has 3 aromatic rings. The molecule has 3 aromatic carbocycles. The second-order valence-electron chi connectivity index (χ2n) is 7.29. The lowest BCUT2D eigenvalue weighted by atomic mass is 10.1. The number of halogens is 1. The van der Waals surface area contributed by atoms with Gasteiger partial charge in [0.2, 0.25) is 0 Å². The normalized spacial score (nSPS) is 14.5. The standard InChI is InChI=1S/C26H20BrNO5S/c1-2-32-22-14-18(10-13-21(22)33-25(30)19-6-4-3-5-7-19)15-23-24(29)28(26(31)34-23)16-17-8-11-20(27)12-9-17/h3-15H,2,16H2,1H3/b23-15-. The predicted molar refractivity (Wildman–Crippen MR) is 135 cm³/mol. The number of carbonyl (C=O) groups excluding carboxylic acids is 3. The van der Waals surface area contributed by atoms with Gasteiger partial charge in [0.05, 0.1) is 23.6 Å². The van der Waals surface area contributed by atoms with Crippen LogP contribution < -0.4 is 9.47 Å². The molecule has 1 aliphatic heterocycles. The Morgan fingerprint density at radius 2 is 1.74 bits per heavy atom. The van der Waals surface area contributed by atoms with E-state index in [1.807, 2.05) is 37.3 Å². The Balaban J connectivity index is 1.53. The largest absolute Gasteiger partial charge is 0.490 e. The van der Waals surface area contributed by atoms with Crippen LogP contribution in [0.2, 0.25) is 0 Å². The Hall–Kier alpha value is -3.36. The Morgan fingerprint density at radius 1 is 1.00 bits per heavy atom. The first-order valence-electron chi connectivity index (χ1n) is 10.5. The van der Waals surface area contributed by atoms with Crippen molar-refractivity contribution in [1.29, 1.82) is 0 Å². The zero-order valence-corrected chi connectivity index (χ0v) is 20.6. The first kappa shape index (κ1) is 23.8. The number of nitrogens with zero attached hydrogens (tertiary/aromatic N) is 1. The van der Waals surface area contributed by atoms with Crippen molar-refractivity contribution < 1.29 is 23.9 Å². The Labute approximate surface area is 209 Å². The molecular formula is C26H20BrNO5S. The van der Waals surface area contributed by atoms with Crippen molar-refractivity contribution in [2.45, 2.75) is 13.5 Å². The minimum Gasteiger partial charge on any atom is -0.490 e. The van der Waals surface area contributed by atoms with E-state index < -0.39 is 5.97 Å². The van der Waals surface area contributed by atoms with Crippen molar-refractivity contribution in [3.05, 3.63) is 98.9 Å². The molecule has 0 spiro atoms. The fourth-order valence-corrected chi connectivity index (χ4v) is 4.36. The molecule has 1 aliphatic rings. The molecule has 8 heteroatoms. The fraction of sp³-hybridized carbons (Fsp3) is 0.115. The highest BCUT2D eigenvalue weighted by molar-refractivity contribution is 9.10. The average Bonchev–Trinajstić information content (AvgIpc) is 3.10. The van der Waals surface area contributed by atoms with Gasteiger partial charge in [-0.3, -0.25) is 14.5 Å². The third-order valence-electron chi connectivity index (χ3n) is 4.91. The summed E-state index contributed by atoms with van der Waals surface area (Å²) in [4.78, 5) is 39.3. The summed E-state index contributed by atoms with van der Waals surface area (Å²) in [6.07, 6.45) is 1.64. The second kappa shape index (κ2) is 10.7. The summed E-state index contributed by atoms with van der Waals surface area (Å²) in [7, 11) is 0. The maximum Gasteiger partial charge on any atom is 0.343 e. The number of esters is 1. The summed E-state index contributed by atoms with van der Waals surface area (Å²) < 4.78 is 12.1. The molecule has 1 fully saturated rings. The number of amides is 2. The summed E-state index contributed by atoms with van der Waals surface area (Å²) >= 11 is 4.27. The molecular weight excluding hydrogens is 518 g/mol. The van der Waals surface area contributed by atoms with Crippen LogP contribution in [0.1, 0.15) is 28.4 Å². The molecule has 0 aliphatic carbocycles. The number of imide groups is 1. The van der Waals surface area contributed by atoms with Crippen LogP contribution >= 0.6 is 27.7 Å². The molecule has 0 atom stereocenters. The maximum absolute atomic E-state index is 12.9. The van der Waals surface area contributed by atoms with Gasteiger partial charge in [-0.05, 0) is 72.3 Å². The second-order valence-corrected chi connectivity index (χ2v) is 9.20. The van der Waals surface area contributed by atoms with Gasteiger partial charge in [-0.2, -0.15) is 0 Å². The van der Waals surface area contributed by atoms with Gasteiger partial charge in [-0.1, -0.05) is 52.3 Å². The van der Waals surface area contributed by atoms with E-state index in [4.69, 9.17) is 9.47 Å². The minimum absolute atomic E-state index is 0.202. The number of benzene rings is 3. The van der Waals surface area contributed by atoms with E-state index in [-0.39, 0.29) is 23.4 Å². The van der Waals surface area contributed by atoms with E-state index in [1.165, 1.54) is 4.90 Å². The van der Waals surface area contributed by atoms with E-state index in [2.05, 4.69) is 15.9 Å². The minimum atomic E-state index is -0.497. The molecule has 2 amide bonds. The topological polar surface area (TPSA) is 72.9 Å². The van der Waals surface area contributed by atoms with Crippen LogP contribution in [-0.2, 0) is 11.3 Å².